The molecule has 2 unspecified atom stereocenters. The lowest BCUT2D eigenvalue weighted by molar-refractivity contribution is -0.148. The van der Waals surface area contributed by atoms with Crippen molar-refractivity contribution in [3.63, 3.8) is 0 Å². The predicted molar refractivity (Wildman–Crippen MR) is 81.6 cm³/mol. The van der Waals surface area contributed by atoms with Crippen LogP contribution in [0.15, 0.2) is 30.3 Å². The van der Waals surface area contributed by atoms with E-state index in [1.54, 1.807) is 0 Å². The van der Waals surface area contributed by atoms with E-state index in [2.05, 4.69) is 19.2 Å². The summed E-state index contributed by atoms with van der Waals surface area (Å²) in [6.45, 7) is 4.47. The molecule has 1 aliphatic carbocycles. The zero-order valence-corrected chi connectivity index (χ0v) is 12.7. The molecule has 0 bridgehead atoms. The Kier molecular flexibility index (Phi) is 4.69. The lowest BCUT2D eigenvalue weighted by Gasteiger charge is -2.41. The predicted octanol–water partition coefficient (Wildman–Crippen LogP) is 3.86. The van der Waals surface area contributed by atoms with Gasteiger partial charge in [-0.1, -0.05) is 38.5 Å². The number of methoxy groups -OCH3 is 1. The average Bonchev–Trinajstić information content (AvgIpc) is 2.47. The smallest absolute Gasteiger partial charge is 0.331 e. The second-order valence-electron chi connectivity index (χ2n) is 6.17. The highest BCUT2D eigenvalue weighted by Crippen LogP contribution is 2.39. The third-order valence-electron chi connectivity index (χ3n) is 4.47. The van der Waals surface area contributed by atoms with Crippen LogP contribution in [0.2, 0.25) is 0 Å². The number of carbonyl (C=O) groups is 1. The Morgan fingerprint density at radius 2 is 2.05 bits per heavy atom. The van der Waals surface area contributed by atoms with Crippen molar-refractivity contribution >= 4 is 11.7 Å². The fourth-order valence-corrected chi connectivity index (χ4v) is 3.23. The normalized spacial score (nSPS) is 26.3. The number of benzene rings is 1. The van der Waals surface area contributed by atoms with Crippen LogP contribution in [0.4, 0.5) is 5.69 Å². The van der Waals surface area contributed by atoms with E-state index in [1.807, 2.05) is 30.3 Å². The summed E-state index contributed by atoms with van der Waals surface area (Å²) in [7, 11) is 1.48. The van der Waals surface area contributed by atoms with Crippen LogP contribution in [0.25, 0.3) is 0 Å². The Morgan fingerprint density at radius 1 is 1.35 bits per heavy atom. The highest BCUT2D eigenvalue weighted by atomic mass is 16.5. The first-order valence-corrected chi connectivity index (χ1v) is 7.49. The number of rotatable bonds is 4. The number of hydrogen-bond donors (Lipinski definition) is 1. The molecule has 0 spiro atoms. The zero-order chi connectivity index (χ0) is 14.6. The average molecular weight is 275 g/mol. The van der Waals surface area contributed by atoms with E-state index in [4.69, 9.17) is 4.74 Å². The van der Waals surface area contributed by atoms with Gasteiger partial charge >= 0.3 is 5.97 Å². The number of hydrogen-bond acceptors (Lipinski definition) is 3. The van der Waals surface area contributed by atoms with Gasteiger partial charge in [0.25, 0.3) is 0 Å². The minimum Gasteiger partial charge on any atom is -0.467 e. The first kappa shape index (κ1) is 14.9. The van der Waals surface area contributed by atoms with Gasteiger partial charge in [0.1, 0.15) is 5.54 Å². The van der Waals surface area contributed by atoms with Crippen LogP contribution in [0, 0.1) is 11.8 Å². The van der Waals surface area contributed by atoms with Crippen molar-refractivity contribution < 1.29 is 9.53 Å². The van der Waals surface area contributed by atoms with Crippen LogP contribution < -0.4 is 5.32 Å². The molecule has 1 aliphatic rings. The summed E-state index contributed by atoms with van der Waals surface area (Å²) in [5.74, 6) is 1.03. The minimum absolute atomic E-state index is 0.133. The fraction of sp³-hybridized carbons (Fsp3) is 0.588. The number of para-hydroxylation sites is 1. The van der Waals surface area contributed by atoms with Gasteiger partial charge in [-0.2, -0.15) is 0 Å². The van der Waals surface area contributed by atoms with Gasteiger partial charge in [-0.05, 0) is 43.2 Å². The number of carbonyl (C=O) groups excluding carboxylic acids is 1. The summed E-state index contributed by atoms with van der Waals surface area (Å²) in [6, 6.07) is 9.95. The molecule has 0 aromatic heterocycles. The van der Waals surface area contributed by atoms with Crippen LogP contribution in [0.5, 0.6) is 0 Å². The van der Waals surface area contributed by atoms with Gasteiger partial charge in [-0.3, -0.25) is 0 Å². The van der Waals surface area contributed by atoms with Crippen molar-refractivity contribution in [3.05, 3.63) is 30.3 Å². The summed E-state index contributed by atoms with van der Waals surface area (Å²) in [4.78, 5) is 12.4. The Morgan fingerprint density at radius 3 is 2.65 bits per heavy atom. The molecular formula is C17H25NO2. The number of esters is 1. The summed E-state index contributed by atoms with van der Waals surface area (Å²) in [5, 5.41) is 3.46. The second-order valence-corrected chi connectivity index (χ2v) is 6.17. The first-order valence-electron chi connectivity index (χ1n) is 7.49. The number of nitrogens with one attached hydrogen (secondary N) is 1. The summed E-state index contributed by atoms with van der Waals surface area (Å²) in [5.41, 5.74) is 0.422. The molecule has 3 nitrogen and oxygen atoms in total. The molecule has 1 fully saturated rings. The van der Waals surface area contributed by atoms with Crippen molar-refractivity contribution in [1.82, 2.24) is 0 Å². The molecule has 0 heterocycles. The van der Waals surface area contributed by atoms with Crippen molar-refractivity contribution in [2.45, 2.75) is 45.1 Å². The second kappa shape index (κ2) is 6.29. The van der Waals surface area contributed by atoms with E-state index >= 15 is 0 Å². The van der Waals surface area contributed by atoms with E-state index in [-0.39, 0.29) is 5.97 Å². The molecule has 1 saturated carbocycles. The van der Waals surface area contributed by atoms with Crippen LogP contribution in [-0.4, -0.2) is 18.6 Å². The van der Waals surface area contributed by atoms with E-state index in [0.717, 1.165) is 24.9 Å². The molecule has 20 heavy (non-hydrogen) atoms. The molecule has 1 N–H and O–H groups in total. The van der Waals surface area contributed by atoms with Gasteiger partial charge in [0.05, 0.1) is 7.11 Å². The van der Waals surface area contributed by atoms with E-state index < -0.39 is 5.54 Å². The number of ether oxygens (including phenoxy) is 1. The maximum absolute atomic E-state index is 12.4. The zero-order valence-electron chi connectivity index (χ0n) is 12.7. The molecule has 110 valence electrons. The summed E-state index contributed by atoms with van der Waals surface area (Å²) >= 11 is 0. The SMILES string of the molecule is COC(=O)C1(Nc2ccccc2)CCCC(C(C)C)C1. The number of anilines is 1. The van der Waals surface area contributed by atoms with Gasteiger partial charge in [0.2, 0.25) is 0 Å². The van der Waals surface area contributed by atoms with Crippen LogP contribution in [0.1, 0.15) is 39.5 Å². The van der Waals surface area contributed by atoms with E-state index in [1.165, 1.54) is 13.5 Å². The molecule has 2 atom stereocenters. The Bertz CT molecular complexity index is 444. The molecule has 0 saturated heterocycles. The van der Waals surface area contributed by atoms with Crippen LogP contribution in [-0.2, 0) is 9.53 Å². The van der Waals surface area contributed by atoms with E-state index in [9.17, 15) is 4.79 Å². The molecule has 1 aromatic rings. The van der Waals surface area contributed by atoms with Crippen molar-refractivity contribution in [1.29, 1.82) is 0 Å². The Hall–Kier alpha value is -1.51. The lowest BCUT2D eigenvalue weighted by atomic mass is 9.71. The molecular weight excluding hydrogens is 250 g/mol. The summed E-state index contributed by atoms with van der Waals surface area (Å²) < 4.78 is 5.09. The standard InChI is InChI=1S/C17H25NO2/c1-13(2)14-8-7-11-17(12-14,16(19)20-3)18-15-9-5-4-6-10-15/h4-6,9-10,13-14,18H,7-8,11-12H2,1-3H3. The van der Waals surface area contributed by atoms with Gasteiger partial charge < -0.3 is 10.1 Å². The summed E-state index contributed by atoms with van der Waals surface area (Å²) in [6.07, 6.45) is 3.97. The maximum atomic E-state index is 12.4. The van der Waals surface area contributed by atoms with Gasteiger partial charge in [0, 0.05) is 5.69 Å². The maximum Gasteiger partial charge on any atom is 0.331 e. The van der Waals surface area contributed by atoms with Gasteiger partial charge in [-0.25, -0.2) is 4.79 Å². The minimum atomic E-state index is -0.566. The Labute approximate surface area is 121 Å². The highest BCUT2D eigenvalue weighted by Gasteiger charge is 2.44. The first-order chi connectivity index (χ1) is 9.57. The largest absolute Gasteiger partial charge is 0.467 e. The van der Waals surface area contributed by atoms with Gasteiger partial charge in [-0.15, -0.1) is 0 Å². The third kappa shape index (κ3) is 3.14. The molecule has 0 amide bonds. The third-order valence-corrected chi connectivity index (χ3v) is 4.47. The molecule has 2 rings (SSSR count). The molecule has 0 radical (unpaired) electrons. The topological polar surface area (TPSA) is 38.3 Å². The van der Waals surface area contributed by atoms with Gasteiger partial charge in [0.15, 0.2) is 0 Å². The molecule has 1 aromatic carbocycles. The highest BCUT2D eigenvalue weighted by molar-refractivity contribution is 5.84. The van der Waals surface area contributed by atoms with Crippen LogP contribution in [0.3, 0.4) is 0 Å². The Balaban J connectivity index is 2.24. The fourth-order valence-electron chi connectivity index (χ4n) is 3.23. The quantitative estimate of drug-likeness (QED) is 0.848. The lowest BCUT2D eigenvalue weighted by Crippen LogP contribution is -2.51. The monoisotopic (exact) mass is 275 g/mol. The molecule has 0 aliphatic heterocycles. The van der Waals surface area contributed by atoms with Crippen LogP contribution >= 0.6 is 0 Å². The van der Waals surface area contributed by atoms with Crippen molar-refractivity contribution in [2.24, 2.45) is 11.8 Å². The molecule has 3 heteroatoms. The van der Waals surface area contributed by atoms with Crippen molar-refractivity contribution in [3.8, 4) is 0 Å². The van der Waals surface area contributed by atoms with E-state index in [0.29, 0.717) is 11.8 Å². The van der Waals surface area contributed by atoms with Crippen molar-refractivity contribution in [2.75, 3.05) is 12.4 Å².